The van der Waals surface area contributed by atoms with Gasteiger partial charge in [0.2, 0.25) is 0 Å². The zero-order valence-corrected chi connectivity index (χ0v) is 7.79. The molecule has 0 fully saturated rings. The van der Waals surface area contributed by atoms with Crippen LogP contribution in [0.1, 0.15) is 5.56 Å². The Hall–Kier alpha value is -1.06. The van der Waals surface area contributed by atoms with E-state index < -0.39 is 0 Å². The van der Waals surface area contributed by atoms with Gasteiger partial charge in [-0.15, -0.1) is 0 Å². The Labute approximate surface area is 78.3 Å². The van der Waals surface area contributed by atoms with E-state index in [9.17, 15) is 0 Å². The average Bonchev–Trinajstić information content (AvgIpc) is 2.19. The summed E-state index contributed by atoms with van der Waals surface area (Å²) in [5.74, 6) is 0.876. The van der Waals surface area contributed by atoms with Crippen LogP contribution in [0.2, 0.25) is 0 Å². The Morgan fingerprint density at radius 2 is 2.31 bits per heavy atom. The Morgan fingerprint density at radius 1 is 1.46 bits per heavy atom. The molecule has 1 rings (SSSR count). The molecular formula is C10H15NO2. The van der Waals surface area contributed by atoms with Crippen LogP contribution in [-0.2, 0) is 6.42 Å². The van der Waals surface area contributed by atoms with Gasteiger partial charge in [0.1, 0.15) is 5.75 Å². The standard InChI is InChI=1S/C10H15NO2/c1-13-10-4-2-3-9(7-10)5-6-11-8-12/h2-4,7,11-12H,5-6,8H2,1H3. The molecule has 0 bridgehead atoms. The second-order valence-electron chi connectivity index (χ2n) is 2.76. The van der Waals surface area contributed by atoms with E-state index in [2.05, 4.69) is 5.32 Å². The molecule has 0 atom stereocenters. The number of ether oxygens (including phenoxy) is 1. The highest BCUT2D eigenvalue weighted by molar-refractivity contribution is 5.28. The zero-order chi connectivity index (χ0) is 9.52. The third-order valence-corrected chi connectivity index (χ3v) is 1.84. The maximum absolute atomic E-state index is 8.51. The van der Waals surface area contributed by atoms with E-state index >= 15 is 0 Å². The van der Waals surface area contributed by atoms with E-state index in [1.54, 1.807) is 7.11 Å². The minimum atomic E-state index is 0.0317. The fraction of sp³-hybridized carbons (Fsp3) is 0.400. The van der Waals surface area contributed by atoms with Crippen molar-refractivity contribution in [3.63, 3.8) is 0 Å². The highest BCUT2D eigenvalue weighted by Crippen LogP contribution is 2.12. The largest absolute Gasteiger partial charge is 0.497 e. The van der Waals surface area contributed by atoms with Gasteiger partial charge in [-0.2, -0.15) is 0 Å². The highest BCUT2D eigenvalue weighted by atomic mass is 16.5. The topological polar surface area (TPSA) is 41.5 Å². The highest BCUT2D eigenvalue weighted by Gasteiger charge is 1.94. The molecule has 2 N–H and O–H groups in total. The fourth-order valence-corrected chi connectivity index (χ4v) is 1.14. The van der Waals surface area contributed by atoms with Crippen LogP contribution < -0.4 is 10.1 Å². The second-order valence-corrected chi connectivity index (χ2v) is 2.76. The summed E-state index contributed by atoms with van der Waals surface area (Å²) >= 11 is 0. The van der Waals surface area contributed by atoms with Crippen LogP contribution >= 0.6 is 0 Å². The Balaban J connectivity index is 2.46. The van der Waals surface area contributed by atoms with Gasteiger partial charge in [-0.05, 0) is 24.1 Å². The molecule has 0 heterocycles. The van der Waals surface area contributed by atoms with Crippen LogP contribution in [0.5, 0.6) is 5.75 Å². The van der Waals surface area contributed by atoms with Crippen LogP contribution in [0, 0.1) is 0 Å². The van der Waals surface area contributed by atoms with Crippen molar-refractivity contribution in [1.82, 2.24) is 5.32 Å². The summed E-state index contributed by atoms with van der Waals surface area (Å²) < 4.78 is 5.09. The van der Waals surface area contributed by atoms with Crippen molar-refractivity contribution >= 4 is 0 Å². The molecule has 3 nitrogen and oxygen atoms in total. The zero-order valence-electron chi connectivity index (χ0n) is 7.79. The predicted octanol–water partition coefficient (Wildman–Crippen LogP) is 0.777. The molecule has 0 unspecified atom stereocenters. The van der Waals surface area contributed by atoms with Crippen LogP contribution in [0.25, 0.3) is 0 Å². The van der Waals surface area contributed by atoms with Crippen molar-refractivity contribution in [2.24, 2.45) is 0 Å². The quantitative estimate of drug-likeness (QED) is 0.521. The minimum absolute atomic E-state index is 0.0317. The molecule has 1 aromatic rings. The van der Waals surface area contributed by atoms with E-state index in [0.29, 0.717) is 0 Å². The lowest BCUT2D eigenvalue weighted by atomic mass is 10.1. The Kier molecular flexibility index (Phi) is 4.29. The van der Waals surface area contributed by atoms with Gasteiger partial charge < -0.3 is 9.84 Å². The van der Waals surface area contributed by atoms with Crippen molar-refractivity contribution in [3.8, 4) is 5.75 Å². The number of nitrogens with one attached hydrogen (secondary N) is 1. The van der Waals surface area contributed by atoms with Gasteiger partial charge in [-0.3, -0.25) is 5.32 Å². The van der Waals surface area contributed by atoms with E-state index in [1.165, 1.54) is 5.56 Å². The molecule has 13 heavy (non-hydrogen) atoms. The van der Waals surface area contributed by atoms with Crippen LogP contribution in [-0.4, -0.2) is 25.5 Å². The molecule has 0 aliphatic heterocycles. The monoisotopic (exact) mass is 181 g/mol. The maximum Gasteiger partial charge on any atom is 0.119 e. The summed E-state index contributed by atoms with van der Waals surface area (Å²) in [5, 5.41) is 11.4. The Morgan fingerprint density at radius 3 is 3.00 bits per heavy atom. The predicted molar refractivity (Wildman–Crippen MR) is 51.8 cm³/mol. The Bertz CT molecular complexity index is 250. The number of rotatable bonds is 5. The summed E-state index contributed by atoms with van der Waals surface area (Å²) in [5.41, 5.74) is 1.21. The van der Waals surface area contributed by atoms with Crippen molar-refractivity contribution in [2.45, 2.75) is 6.42 Å². The molecule has 1 aromatic carbocycles. The molecule has 0 aromatic heterocycles. The summed E-state index contributed by atoms with van der Waals surface area (Å²) in [7, 11) is 1.66. The van der Waals surface area contributed by atoms with E-state index in [4.69, 9.17) is 9.84 Å². The number of aliphatic hydroxyl groups is 1. The molecule has 72 valence electrons. The molecule has 0 saturated heterocycles. The van der Waals surface area contributed by atoms with Gasteiger partial charge in [0.25, 0.3) is 0 Å². The molecule has 0 radical (unpaired) electrons. The minimum Gasteiger partial charge on any atom is -0.497 e. The van der Waals surface area contributed by atoms with Crippen molar-refractivity contribution in [2.75, 3.05) is 20.4 Å². The molecule has 0 spiro atoms. The lowest BCUT2D eigenvalue weighted by Gasteiger charge is -2.04. The van der Waals surface area contributed by atoms with E-state index in [0.717, 1.165) is 18.7 Å². The lowest BCUT2D eigenvalue weighted by Crippen LogP contribution is -2.17. The summed E-state index contributed by atoms with van der Waals surface area (Å²) in [6.45, 7) is 0.813. The molecule has 0 amide bonds. The second kappa shape index (κ2) is 5.56. The number of methoxy groups -OCH3 is 1. The number of hydrogen-bond acceptors (Lipinski definition) is 3. The SMILES string of the molecule is COc1cccc(CCNCO)c1. The summed E-state index contributed by atoms with van der Waals surface area (Å²) in [4.78, 5) is 0. The fourth-order valence-electron chi connectivity index (χ4n) is 1.14. The molecule has 0 aliphatic rings. The summed E-state index contributed by atoms with van der Waals surface area (Å²) in [6, 6.07) is 7.93. The summed E-state index contributed by atoms with van der Waals surface area (Å²) in [6.07, 6.45) is 0.901. The smallest absolute Gasteiger partial charge is 0.119 e. The van der Waals surface area contributed by atoms with Crippen molar-refractivity contribution in [3.05, 3.63) is 29.8 Å². The molecule has 3 heteroatoms. The first kappa shape index (κ1) is 10.0. The number of hydrogen-bond donors (Lipinski definition) is 2. The van der Waals surface area contributed by atoms with Gasteiger partial charge in [-0.25, -0.2) is 0 Å². The molecule has 0 saturated carbocycles. The van der Waals surface area contributed by atoms with Crippen LogP contribution in [0.4, 0.5) is 0 Å². The number of benzene rings is 1. The maximum atomic E-state index is 8.51. The molecular weight excluding hydrogens is 166 g/mol. The number of aliphatic hydroxyl groups excluding tert-OH is 1. The molecule has 0 aliphatic carbocycles. The van der Waals surface area contributed by atoms with Crippen LogP contribution in [0.15, 0.2) is 24.3 Å². The van der Waals surface area contributed by atoms with E-state index in [-0.39, 0.29) is 6.73 Å². The normalized spacial score (nSPS) is 10.0. The van der Waals surface area contributed by atoms with Crippen LogP contribution in [0.3, 0.4) is 0 Å². The van der Waals surface area contributed by atoms with Gasteiger partial charge in [0.15, 0.2) is 0 Å². The van der Waals surface area contributed by atoms with Gasteiger partial charge in [0, 0.05) is 6.54 Å². The van der Waals surface area contributed by atoms with Crippen molar-refractivity contribution in [1.29, 1.82) is 0 Å². The first-order valence-corrected chi connectivity index (χ1v) is 4.31. The van der Waals surface area contributed by atoms with Crippen molar-refractivity contribution < 1.29 is 9.84 Å². The first-order valence-electron chi connectivity index (χ1n) is 4.31. The van der Waals surface area contributed by atoms with Gasteiger partial charge in [-0.1, -0.05) is 12.1 Å². The lowest BCUT2D eigenvalue weighted by molar-refractivity contribution is 0.262. The van der Waals surface area contributed by atoms with Gasteiger partial charge in [0.05, 0.1) is 13.8 Å². The first-order chi connectivity index (χ1) is 6.36. The average molecular weight is 181 g/mol. The van der Waals surface area contributed by atoms with Gasteiger partial charge >= 0.3 is 0 Å². The third kappa shape index (κ3) is 3.44. The third-order valence-electron chi connectivity index (χ3n) is 1.84. The van der Waals surface area contributed by atoms with E-state index in [1.807, 2.05) is 24.3 Å².